The second-order valence-corrected chi connectivity index (χ2v) is 2.68. The Morgan fingerprint density at radius 3 is 2.00 bits per heavy atom. The average Bonchev–Trinajstić information content (AvgIpc) is 1.64. The molecule has 0 saturated heterocycles. The Morgan fingerprint density at radius 2 is 2.00 bits per heavy atom. The number of carbonyl (C=O) groups is 1. The largest absolute Gasteiger partial charge is 0.481 e. The maximum Gasteiger partial charge on any atom is 0.307 e. The zero-order valence-corrected chi connectivity index (χ0v) is 5.85. The number of carboxylic acids is 1. The highest BCUT2D eigenvalue weighted by molar-refractivity contribution is 7.81. The van der Waals surface area contributed by atoms with Gasteiger partial charge >= 0.3 is 5.97 Å². The summed E-state index contributed by atoms with van der Waals surface area (Å²) < 4.78 is 0. The minimum Gasteiger partial charge on any atom is -0.481 e. The highest BCUT2D eigenvalue weighted by Gasteiger charge is 2.14. The summed E-state index contributed by atoms with van der Waals surface area (Å²) in [7, 11) is 0. The molecule has 3 heteroatoms. The summed E-state index contributed by atoms with van der Waals surface area (Å²) >= 11 is 3.95. The molecule has 0 spiro atoms. The van der Waals surface area contributed by atoms with Gasteiger partial charge in [-0.1, -0.05) is 13.8 Å². The first-order chi connectivity index (χ1) is 3.55. The molecule has 0 aromatic carbocycles. The predicted molar refractivity (Wildman–Crippen MR) is 35.2 cm³/mol. The van der Waals surface area contributed by atoms with Crippen molar-refractivity contribution in [2.24, 2.45) is 5.92 Å². The van der Waals surface area contributed by atoms with Gasteiger partial charge in [0.1, 0.15) is 0 Å². The molecule has 0 aliphatic heterocycles. The molecule has 8 heavy (non-hydrogen) atoms. The molecule has 0 aromatic rings. The van der Waals surface area contributed by atoms with Crippen molar-refractivity contribution in [2.45, 2.75) is 19.1 Å². The molecule has 0 bridgehead atoms. The van der Waals surface area contributed by atoms with Gasteiger partial charge in [0.25, 0.3) is 0 Å². The van der Waals surface area contributed by atoms with Crippen LogP contribution in [-0.4, -0.2) is 16.3 Å². The van der Waals surface area contributed by atoms with Crippen molar-refractivity contribution < 1.29 is 9.90 Å². The molecule has 0 aromatic heterocycles. The summed E-state index contributed by atoms with van der Waals surface area (Å²) in [5.74, 6) is -1.13. The maximum absolute atomic E-state index is 10.1. The minimum absolute atomic E-state index is 0.0625. The van der Waals surface area contributed by atoms with Gasteiger partial charge in [-0.2, -0.15) is 12.6 Å². The first kappa shape index (κ1) is 7.82. The molecule has 0 rings (SSSR count). The van der Waals surface area contributed by atoms with Gasteiger partial charge in [-0.15, -0.1) is 0 Å². The molecule has 0 aliphatic carbocycles. The van der Waals surface area contributed by atoms with Crippen LogP contribution in [0.1, 0.15) is 13.8 Å². The van der Waals surface area contributed by atoms with Crippen LogP contribution in [0, 0.1) is 5.92 Å². The monoisotopic (exact) mass is 134 g/mol. The lowest BCUT2D eigenvalue weighted by atomic mass is 10.1. The van der Waals surface area contributed by atoms with Crippen molar-refractivity contribution in [1.82, 2.24) is 0 Å². The lowest BCUT2D eigenvalue weighted by molar-refractivity contribution is -0.140. The van der Waals surface area contributed by atoms with Gasteiger partial charge in [0.05, 0.1) is 5.92 Å². The quantitative estimate of drug-likeness (QED) is 0.553. The van der Waals surface area contributed by atoms with E-state index in [0.717, 1.165) is 0 Å². The first-order valence-electron chi connectivity index (χ1n) is 2.46. The fourth-order valence-electron chi connectivity index (χ4n) is 0.206. The smallest absolute Gasteiger partial charge is 0.307 e. The normalized spacial score (nSPS) is 17.4. The minimum atomic E-state index is -0.785. The summed E-state index contributed by atoms with van der Waals surface area (Å²) in [6.45, 7) is 3.40. The Hall–Kier alpha value is -0.180. The second-order valence-electron chi connectivity index (χ2n) is 1.87. The molecule has 1 N–H and O–H groups in total. The number of thiol groups is 1. The van der Waals surface area contributed by atoms with Crippen molar-refractivity contribution >= 4 is 18.6 Å². The van der Waals surface area contributed by atoms with Crippen LogP contribution in [0.2, 0.25) is 0 Å². The van der Waals surface area contributed by atoms with Crippen molar-refractivity contribution in [2.75, 3.05) is 0 Å². The van der Waals surface area contributed by atoms with E-state index in [0.29, 0.717) is 0 Å². The number of hydrogen-bond acceptors (Lipinski definition) is 2. The number of hydrogen-bond donors (Lipinski definition) is 2. The van der Waals surface area contributed by atoms with Crippen molar-refractivity contribution in [3.63, 3.8) is 0 Å². The van der Waals surface area contributed by atoms with Gasteiger partial charge < -0.3 is 5.11 Å². The van der Waals surface area contributed by atoms with Crippen LogP contribution >= 0.6 is 12.6 Å². The molecule has 2 nitrogen and oxygen atoms in total. The van der Waals surface area contributed by atoms with Crippen LogP contribution in [0.3, 0.4) is 0 Å². The number of aliphatic carboxylic acids is 1. The van der Waals surface area contributed by atoms with E-state index in [4.69, 9.17) is 5.11 Å². The Morgan fingerprint density at radius 1 is 1.62 bits per heavy atom. The van der Waals surface area contributed by atoms with Gasteiger partial charge in [0.2, 0.25) is 0 Å². The maximum atomic E-state index is 10.1. The number of rotatable bonds is 2. The molecule has 0 radical (unpaired) electrons. The summed E-state index contributed by atoms with van der Waals surface area (Å²) in [5, 5.41) is 8.24. The van der Waals surface area contributed by atoms with Crippen LogP contribution in [0.4, 0.5) is 0 Å². The molecule has 2 atom stereocenters. The summed E-state index contributed by atoms with van der Waals surface area (Å²) in [5.41, 5.74) is 0. The van der Waals surface area contributed by atoms with E-state index in [2.05, 4.69) is 12.6 Å². The SMILES string of the molecule is C[C@H](S)[C@@H](C)C(=O)O. The highest BCUT2D eigenvalue weighted by Crippen LogP contribution is 2.07. The molecule has 0 aliphatic rings. The lowest BCUT2D eigenvalue weighted by Gasteiger charge is -2.06. The van der Waals surface area contributed by atoms with Gasteiger partial charge in [-0.25, -0.2) is 0 Å². The fourth-order valence-corrected chi connectivity index (χ4v) is 0.334. The van der Waals surface area contributed by atoms with E-state index >= 15 is 0 Å². The van der Waals surface area contributed by atoms with Crippen LogP contribution < -0.4 is 0 Å². The Balaban J connectivity index is 3.64. The molecule has 48 valence electrons. The summed E-state index contributed by atoms with van der Waals surface area (Å²) in [6.07, 6.45) is 0. The van der Waals surface area contributed by atoms with Crippen LogP contribution in [-0.2, 0) is 4.79 Å². The standard InChI is InChI=1S/C5H10O2S/c1-3(4(2)8)5(6)7/h3-4,8H,1-2H3,(H,6,7)/t3-,4+/m1/s1. The van der Waals surface area contributed by atoms with Crippen molar-refractivity contribution in [1.29, 1.82) is 0 Å². The Labute approximate surface area is 54.3 Å². The average molecular weight is 134 g/mol. The molecule has 0 amide bonds. The van der Waals surface area contributed by atoms with E-state index in [9.17, 15) is 4.79 Å². The van der Waals surface area contributed by atoms with E-state index in [-0.39, 0.29) is 11.2 Å². The highest BCUT2D eigenvalue weighted by atomic mass is 32.1. The second kappa shape index (κ2) is 2.97. The zero-order valence-electron chi connectivity index (χ0n) is 4.96. The van der Waals surface area contributed by atoms with Gasteiger partial charge in [-0.05, 0) is 0 Å². The molecular formula is C5H10O2S. The summed E-state index contributed by atoms with van der Waals surface area (Å²) in [6, 6.07) is 0. The lowest BCUT2D eigenvalue weighted by Crippen LogP contribution is -2.17. The summed E-state index contributed by atoms with van der Waals surface area (Å²) in [4.78, 5) is 10.1. The Kier molecular flexibility index (Phi) is 2.90. The van der Waals surface area contributed by atoms with E-state index in [1.807, 2.05) is 0 Å². The topological polar surface area (TPSA) is 37.3 Å². The predicted octanol–water partition coefficient (Wildman–Crippen LogP) is 1.03. The molecule has 0 saturated carbocycles. The van der Waals surface area contributed by atoms with E-state index in [1.165, 1.54) is 0 Å². The van der Waals surface area contributed by atoms with E-state index in [1.54, 1.807) is 13.8 Å². The molecule has 0 unspecified atom stereocenters. The van der Waals surface area contributed by atoms with Crippen LogP contribution in [0.15, 0.2) is 0 Å². The van der Waals surface area contributed by atoms with Gasteiger partial charge in [-0.3, -0.25) is 4.79 Å². The molecule has 0 fully saturated rings. The van der Waals surface area contributed by atoms with E-state index < -0.39 is 5.97 Å². The number of carboxylic acid groups (broad SMARTS) is 1. The fraction of sp³-hybridized carbons (Fsp3) is 0.800. The van der Waals surface area contributed by atoms with Crippen LogP contribution in [0.25, 0.3) is 0 Å². The van der Waals surface area contributed by atoms with Gasteiger partial charge in [0.15, 0.2) is 0 Å². The molecular weight excluding hydrogens is 124 g/mol. The van der Waals surface area contributed by atoms with Gasteiger partial charge in [0, 0.05) is 5.25 Å². The van der Waals surface area contributed by atoms with Crippen molar-refractivity contribution in [3.05, 3.63) is 0 Å². The third kappa shape index (κ3) is 2.21. The third-order valence-electron chi connectivity index (χ3n) is 1.11. The third-order valence-corrected chi connectivity index (χ3v) is 1.56. The molecule has 0 heterocycles. The Bertz CT molecular complexity index is 90.4. The first-order valence-corrected chi connectivity index (χ1v) is 2.98. The van der Waals surface area contributed by atoms with Crippen molar-refractivity contribution in [3.8, 4) is 0 Å². The van der Waals surface area contributed by atoms with Crippen LogP contribution in [0.5, 0.6) is 0 Å². The zero-order chi connectivity index (χ0) is 6.73.